The fourth-order valence-corrected chi connectivity index (χ4v) is 3.32. The van der Waals surface area contributed by atoms with Gasteiger partial charge in [0.15, 0.2) is 9.84 Å². The maximum atomic E-state index is 13.7. The Labute approximate surface area is 164 Å². The first-order chi connectivity index (χ1) is 13.2. The minimum Gasteiger partial charge on any atom is -0.497 e. The van der Waals surface area contributed by atoms with Gasteiger partial charge in [0.1, 0.15) is 23.9 Å². The number of anilines is 1. The molecular weight excluding hydrogens is 385 g/mol. The van der Waals surface area contributed by atoms with Gasteiger partial charge < -0.3 is 19.9 Å². The second-order valence-electron chi connectivity index (χ2n) is 6.35. The highest BCUT2D eigenvalue weighted by Gasteiger charge is 2.20. The molecule has 0 spiro atoms. The van der Waals surface area contributed by atoms with Crippen molar-refractivity contribution < 1.29 is 27.4 Å². The minimum atomic E-state index is -3.45. The van der Waals surface area contributed by atoms with Crippen molar-refractivity contribution in [3.05, 3.63) is 59.9 Å². The van der Waals surface area contributed by atoms with Crippen LogP contribution in [0.15, 0.2) is 53.4 Å². The lowest BCUT2D eigenvalue weighted by Crippen LogP contribution is -2.15. The van der Waals surface area contributed by atoms with Gasteiger partial charge in [0, 0.05) is 29.6 Å². The molecule has 28 heavy (non-hydrogen) atoms. The molecule has 2 aromatic rings. The molecule has 2 N–H and O–H groups in total. The number of hydrogen-bond donors (Lipinski definition) is 2. The molecule has 2 aromatic carbocycles. The first kappa shape index (κ1) is 21.7. The van der Waals surface area contributed by atoms with Crippen LogP contribution in [0.5, 0.6) is 11.5 Å². The average Bonchev–Trinajstić information content (AvgIpc) is 2.63. The summed E-state index contributed by atoms with van der Waals surface area (Å²) in [6.45, 7) is 5.56. The van der Waals surface area contributed by atoms with Gasteiger partial charge in [-0.05, 0) is 25.1 Å². The van der Waals surface area contributed by atoms with Crippen molar-refractivity contribution in [2.75, 3.05) is 31.9 Å². The van der Waals surface area contributed by atoms with Crippen molar-refractivity contribution in [3.63, 3.8) is 0 Å². The summed E-state index contributed by atoms with van der Waals surface area (Å²) in [7, 11) is -2.00. The van der Waals surface area contributed by atoms with Gasteiger partial charge in [-0.25, -0.2) is 12.8 Å². The van der Waals surface area contributed by atoms with Crippen LogP contribution in [0.25, 0.3) is 0 Å². The number of hydrogen-bond acceptors (Lipinski definition) is 6. The van der Waals surface area contributed by atoms with E-state index in [-0.39, 0.29) is 23.9 Å². The van der Waals surface area contributed by atoms with E-state index in [1.807, 2.05) is 0 Å². The summed E-state index contributed by atoms with van der Waals surface area (Å²) < 4.78 is 48.3. The smallest absolute Gasteiger partial charge is 0.175 e. The first-order valence-electron chi connectivity index (χ1n) is 8.50. The lowest BCUT2D eigenvalue weighted by molar-refractivity contribution is 0.199. The van der Waals surface area contributed by atoms with Crippen molar-refractivity contribution in [2.45, 2.75) is 17.9 Å². The normalized spacial score (nSPS) is 12.3. The van der Waals surface area contributed by atoms with Crippen LogP contribution in [0.3, 0.4) is 0 Å². The zero-order valence-corrected chi connectivity index (χ0v) is 16.8. The molecule has 0 saturated heterocycles. The fraction of sp³-hybridized carbons (Fsp3) is 0.300. The van der Waals surface area contributed by atoms with Gasteiger partial charge in [-0.2, -0.15) is 0 Å². The van der Waals surface area contributed by atoms with E-state index in [0.29, 0.717) is 22.6 Å². The van der Waals surface area contributed by atoms with E-state index in [0.717, 1.165) is 6.26 Å². The molecule has 0 aliphatic carbocycles. The van der Waals surface area contributed by atoms with Gasteiger partial charge in [0.2, 0.25) is 0 Å². The number of aliphatic hydroxyl groups excluding tert-OH is 1. The maximum absolute atomic E-state index is 13.7. The minimum absolute atomic E-state index is 0.0107. The molecule has 6 nitrogen and oxygen atoms in total. The van der Waals surface area contributed by atoms with Crippen LogP contribution >= 0.6 is 0 Å². The number of aliphatic hydroxyl groups is 1. The van der Waals surface area contributed by atoms with Crippen LogP contribution in [-0.4, -0.2) is 40.1 Å². The van der Waals surface area contributed by atoms with Gasteiger partial charge in [-0.15, -0.1) is 0 Å². The van der Waals surface area contributed by atoms with Gasteiger partial charge in [-0.3, -0.25) is 0 Å². The first-order valence-corrected chi connectivity index (χ1v) is 10.4. The van der Waals surface area contributed by atoms with Gasteiger partial charge >= 0.3 is 0 Å². The van der Waals surface area contributed by atoms with Gasteiger partial charge in [0.25, 0.3) is 0 Å². The molecule has 0 fully saturated rings. The van der Waals surface area contributed by atoms with E-state index < -0.39 is 21.7 Å². The van der Waals surface area contributed by atoms with Gasteiger partial charge in [0.05, 0.1) is 24.7 Å². The van der Waals surface area contributed by atoms with Crippen molar-refractivity contribution in [3.8, 4) is 11.5 Å². The van der Waals surface area contributed by atoms with Gasteiger partial charge in [-0.1, -0.05) is 18.2 Å². The summed E-state index contributed by atoms with van der Waals surface area (Å²) in [4.78, 5) is 0.102. The standard InChI is InChI=1S/C20H24FNO5S/c1-13(2)20(18-6-5-14(21)9-19(18)27-8-7-23)22-15-10-16(26-3)12-17(11-15)28(4,24)25/h5-6,9-12,20,22-23H,1,7-8H2,2-4H3. The van der Waals surface area contributed by atoms with Crippen molar-refractivity contribution in [2.24, 2.45) is 0 Å². The second-order valence-corrected chi connectivity index (χ2v) is 8.36. The maximum Gasteiger partial charge on any atom is 0.175 e. The number of sulfone groups is 1. The topological polar surface area (TPSA) is 84.9 Å². The quantitative estimate of drug-likeness (QED) is 0.618. The predicted octanol–water partition coefficient (Wildman–Crippen LogP) is 3.34. The number of ether oxygens (including phenoxy) is 2. The molecule has 0 bridgehead atoms. The van der Waals surface area contributed by atoms with Crippen LogP contribution in [-0.2, 0) is 9.84 Å². The molecule has 0 saturated carbocycles. The fourth-order valence-electron chi connectivity index (χ4n) is 2.65. The predicted molar refractivity (Wildman–Crippen MR) is 106 cm³/mol. The Kier molecular flexibility index (Phi) is 7.04. The molecule has 0 amide bonds. The SMILES string of the molecule is C=C(C)C(Nc1cc(OC)cc(S(C)(=O)=O)c1)c1ccc(F)cc1OCCO. The molecule has 0 heterocycles. The molecule has 0 aliphatic rings. The van der Waals surface area contributed by atoms with Crippen LogP contribution < -0.4 is 14.8 Å². The molecule has 0 radical (unpaired) electrons. The zero-order chi connectivity index (χ0) is 20.9. The number of rotatable bonds is 9. The van der Waals surface area contributed by atoms with Crippen LogP contribution in [0, 0.1) is 5.82 Å². The van der Waals surface area contributed by atoms with Crippen LogP contribution in [0.2, 0.25) is 0 Å². The Hall–Kier alpha value is -2.58. The summed E-state index contributed by atoms with van der Waals surface area (Å²) in [5.41, 5.74) is 1.79. The number of halogens is 1. The summed E-state index contributed by atoms with van der Waals surface area (Å²) >= 11 is 0. The van der Waals surface area contributed by atoms with Crippen molar-refractivity contribution in [1.29, 1.82) is 0 Å². The van der Waals surface area contributed by atoms with E-state index in [4.69, 9.17) is 14.6 Å². The largest absolute Gasteiger partial charge is 0.497 e. The van der Waals surface area contributed by atoms with Crippen LogP contribution in [0.4, 0.5) is 10.1 Å². The Bertz CT molecular complexity index is 959. The van der Waals surface area contributed by atoms with E-state index in [9.17, 15) is 12.8 Å². The number of benzene rings is 2. The second kappa shape index (κ2) is 9.07. The molecule has 152 valence electrons. The Balaban J connectivity index is 2.49. The van der Waals surface area contributed by atoms with Crippen molar-refractivity contribution >= 4 is 15.5 Å². The van der Waals surface area contributed by atoms with E-state index in [2.05, 4.69) is 11.9 Å². The molecular formula is C20H24FNO5S. The highest BCUT2D eigenvalue weighted by Crippen LogP contribution is 2.34. The van der Waals surface area contributed by atoms with E-state index >= 15 is 0 Å². The monoisotopic (exact) mass is 409 g/mol. The third-order valence-corrected chi connectivity index (χ3v) is 5.08. The molecule has 0 aliphatic heterocycles. The summed E-state index contributed by atoms with van der Waals surface area (Å²) in [5, 5.41) is 12.2. The lowest BCUT2D eigenvalue weighted by atomic mass is 9.99. The number of methoxy groups -OCH3 is 1. The average molecular weight is 409 g/mol. The third kappa shape index (κ3) is 5.46. The highest BCUT2D eigenvalue weighted by molar-refractivity contribution is 7.90. The van der Waals surface area contributed by atoms with Crippen LogP contribution in [0.1, 0.15) is 18.5 Å². The lowest BCUT2D eigenvalue weighted by Gasteiger charge is -2.24. The molecule has 2 rings (SSSR count). The Morgan fingerprint density at radius 1 is 1.29 bits per heavy atom. The van der Waals surface area contributed by atoms with E-state index in [1.165, 1.54) is 31.4 Å². The third-order valence-electron chi connectivity index (χ3n) is 3.98. The Morgan fingerprint density at radius 3 is 2.57 bits per heavy atom. The van der Waals surface area contributed by atoms with E-state index in [1.54, 1.807) is 19.1 Å². The molecule has 1 atom stereocenters. The summed E-state index contributed by atoms with van der Waals surface area (Å²) in [6, 6.07) is 8.18. The molecule has 0 aromatic heterocycles. The summed E-state index contributed by atoms with van der Waals surface area (Å²) in [5.74, 6) is 0.167. The molecule has 8 heteroatoms. The molecule has 1 unspecified atom stereocenters. The summed E-state index contributed by atoms with van der Waals surface area (Å²) in [6.07, 6.45) is 1.11. The van der Waals surface area contributed by atoms with Crippen molar-refractivity contribution in [1.82, 2.24) is 0 Å². The highest BCUT2D eigenvalue weighted by atomic mass is 32.2. The zero-order valence-electron chi connectivity index (χ0n) is 16.0. The number of nitrogens with one attached hydrogen (secondary N) is 1. The Morgan fingerprint density at radius 2 is 2.00 bits per heavy atom.